The Kier molecular flexibility index (Phi) is 7.35. The van der Waals surface area contributed by atoms with Crippen LogP contribution in [0.5, 0.6) is 5.75 Å². The van der Waals surface area contributed by atoms with Gasteiger partial charge in [0.2, 0.25) is 5.91 Å². The van der Waals surface area contributed by atoms with Crippen LogP contribution in [0.1, 0.15) is 13.8 Å². The van der Waals surface area contributed by atoms with Gasteiger partial charge < -0.3 is 24.8 Å². The molecule has 1 saturated heterocycles. The molecule has 2 heterocycles. The van der Waals surface area contributed by atoms with E-state index >= 15 is 0 Å². The van der Waals surface area contributed by atoms with E-state index in [9.17, 15) is 27.2 Å². The van der Waals surface area contributed by atoms with Gasteiger partial charge in [-0.1, -0.05) is 6.92 Å². The van der Waals surface area contributed by atoms with E-state index in [2.05, 4.69) is 10.6 Å². The Morgan fingerprint density at radius 2 is 1.87 bits per heavy atom. The highest BCUT2D eigenvalue weighted by Gasteiger charge is 2.42. The third-order valence-electron chi connectivity index (χ3n) is 6.08. The van der Waals surface area contributed by atoms with E-state index in [1.165, 1.54) is 30.0 Å². The number of carbonyl (C=O) groups is 3. The van der Waals surface area contributed by atoms with Crippen molar-refractivity contribution in [1.29, 1.82) is 0 Å². The standard InChI is InChI=1S/C24H27FN4O8S/c1-15(30)26-10-18-11-29(38(34,35)19-6-3-16(25)4-7-19)20-9-17(5-8-21(20)37-18)27-22(31)36-14-24(2)12-28(13-24)23(32)33/h3-9,18H,10-14H2,1-2H3,(H,26,30)(H,27,31)(H,32,33). The second-order valence-corrected chi connectivity index (χ2v) is 11.4. The number of benzene rings is 2. The Labute approximate surface area is 218 Å². The fourth-order valence-corrected chi connectivity index (χ4v) is 5.71. The molecule has 0 aromatic heterocycles. The number of rotatable bonds is 7. The highest BCUT2D eigenvalue weighted by Crippen LogP contribution is 2.39. The van der Waals surface area contributed by atoms with Crippen molar-refractivity contribution in [3.63, 3.8) is 0 Å². The summed E-state index contributed by atoms with van der Waals surface area (Å²) in [5, 5.41) is 14.1. The average molecular weight is 551 g/mol. The lowest BCUT2D eigenvalue weighted by molar-refractivity contribution is -0.119. The number of carbonyl (C=O) groups excluding carboxylic acids is 2. The molecule has 14 heteroatoms. The molecule has 2 aliphatic heterocycles. The lowest BCUT2D eigenvalue weighted by Gasteiger charge is -2.45. The maximum atomic E-state index is 13.5. The van der Waals surface area contributed by atoms with E-state index in [-0.39, 0.29) is 60.7 Å². The van der Waals surface area contributed by atoms with Crippen molar-refractivity contribution in [3.05, 3.63) is 48.3 Å². The van der Waals surface area contributed by atoms with Crippen LogP contribution < -0.4 is 19.7 Å². The zero-order valence-corrected chi connectivity index (χ0v) is 21.5. The Bertz CT molecular complexity index is 1350. The number of ether oxygens (including phenoxy) is 2. The molecule has 3 amide bonds. The van der Waals surface area contributed by atoms with Crippen LogP contribution in [0.15, 0.2) is 47.4 Å². The quantitative estimate of drug-likeness (QED) is 0.475. The number of hydrogen-bond acceptors (Lipinski definition) is 7. The first kappa shape index (κ1) is 27.0. The zero-order valence-electron chi connectivity index (χ0n) is 20.6. The molecule has 2 aromatic carbocycles. The van der Waals surface area contributed by atoms with Crippen LogP contribution in [0.3, 0.4) is 0 Å². The number of fused-ring (bicyclic) bond motifs is 1. The lowest BCUT2D eigenvalue weighted by atomic mass is 9.83. The molecule has 38 heavy (non-hydrogen) atoms. The number of anilines is 2. The molecular weight excluding hydrogens is 523 g/mol. The second kappa shape index (κ2) is 10.4. The number of amides is 3. The summed E-state index contributed by atoms with van der Waals surface area (Å²) in [6, 6.07) is 8.76. The molecule has 0 spiro atoms. The molecule has 204 valence electrons. The summed E-state index contributed by atoms with van der Waals surface area (Å²) in [7, 11) is -4.17. The molecule has 1 unspecified atom stereocenters. The van der Waals surface area contributed by atoms with E-state index in [0.29, 0.717) is 0 Å². The molecule has 2 aliphatic rings. The molecule has 0 saturated carbocycles. The van der Waals surface area contributed by atoms with Crippen LogP contribution in [-0.4, -0.2) is 75.4 Å². The predicted molar refractivity (Wildman–Crippen MR) is 133 cm³/mol. The number of carboxylic acid groups (broad SMARTS) is 1. The lowest BCUT2D eigenvalue weighted by Crippen LogP contribution is -2.58. The minimum absolute atomic E-state index is 0.00738. The van der Waals surface area contributed by atoms with Gasteiger partial charge in [0.15, 0.2) is 0 Å². The van der Waals surface area contributed by atoms with Gasteiger partial charge in [-0.3, -0.25) is 14.4 Å². The Hall–Kier alpha value is -4.07. The fraction of sp³-hybridized carbons (Fsp3) is 0.375. The number of hydrogen-bond donors (Lipinski definition) is 3. The SMILES string of the molecule is CC(=O)NCC1CN(S(=O)(=O)c2ccc(F)cc2)c2cc(NC(=O)OCC3(C)CN(C(=O)O)C3)ccc2O1. The van der Waals surface area contributed by atoms with Gasteiger partial charge in [-0.2, -0.15) is 0 Å². The van der Waals surface area contributed by atoms with E-state index in [0.717, 1.165) is 28.6 Å². The normalized spacial score (nSPS) is 17.9. The van der Waals surface area contributed by atoms with Crippen LogP contribution in [0.25, 0.3) is 0 Å². The maximum absolute atomic E-state index is 13.5. The summed E-state index contributed by atoms with van der Waals surface area (Å²) in [6.45, 7) is 3.49. The summed E-state index contributed by atoms with van der Waals surface area (Å²) in [6.07, 6.45) is -2.55. The van der Waals surface area contributed by atoms with Crippen LogP contribution >= 0.6 is 0 Å². The number of nitrogens with one attached hydrogen (secondary N) is 2. The summed E-state index contributed by atoms with van der Waals surface area (Å²) >= 11 is 0. The highest BCUT2D eigenvalue weighted by molar-refractivity contribution is 7.92. The van der Waals surface area contributed by atoms with Crippen molar-refractivity contribution in [1.82, 2.24) is 10.2 Å². The molecule has 0 aliphatic carbocycles. The Morgan fingerprint density at radius 3 is 2.50 bits per heavy atom. The Morgan fingerprint density at radius 1 is 1.18 bits per heavy atom. The summed E-state index contributed by atoms with van der Waals surface area (Å²) in [5.74, 6) is -0.699. The summed E-state index contributed by atoms with van der Waals surface area (Å²) < 4.78 is 52.7. The maximum Gasteiger partial charge on any atom is 0.411 e. The van der Waals surface area contributed by atoms with Crippen molar-refractivity contribution >= 4 is 39.5 Å². The van der Waals surface area contributed by atoms with E-state index in [1.807, 2.05) is 0 Å². The average Bonchev–Trinajstić information content (AvgIpc) is 2.84. The minimum Gasteiger partial charge on any atom is -0.484 e. The van der Waals surface area contributed by atoms with Crippen LogP contribution in [-0.2, 0) is 19.6 Å². The topological polar surface area (TPSA) is 155 Å². The molecule has 4 rings (SSSR count). The van der Waals surface area contributed by atoms with Crippen molar-refractivity contribution < 1.29 is 41.8 Å². The second-order valence-electron chi connectivity index (χ2n) is 9.50. The summed E-state index contributed by atoms with van der Waals surface area (Å²) in [4.78, 5) is 35.8. The first-order valence-corrected chi connectivity index (χ1v) is 13.1. The van der Waals surface area contributed by atoms with Gasteiger partial charge in [0.05, 0.1) is 23.7 Å². The molecule has 2 aromatic rings. The smallest absolute Gasteiger partial charge is 0.411 e. The number of likely N-dealkylation sites (tertiary alicyclic amines) is 1. The van der Waals surface area contributed by atoms with Gasteiger partial charge in [-0.05, 0) is 42.5 Å². The van der Waals surface area contributed by atoms with Gasteiger partial charge in [-0.25, -0.2) is 22.4 Å². The highest BCUT2D eigenvalue weighted by atomic mass is 32.2. The number of sulfonamides is 1. The van der Waals surface area contributed by atoms with E-state index in [1.54, 1.807) is 6.92 Å². The summed E-state index contributed by atoms with van der Waals surface area (Å²) in [5.41, 5.74) is -0.139. The third kappa shape index (κ3) is 5.90. The molecule has 1 atom stereocenters. The van der Waals surface area contributed by atoms with E-state index in [4.69, 9.17) is 14.6 Å². The molecule has 3 N–H and O–H groups in total. The molecular formula is C24H27FN4O8S. The van der Waals surface area contributed by atoms with Gasteiger partial charge >= 0.3 is 12.2 Å². The van der Waals surface area contributed by atoms with Crippen molar-refractivity contribution in [2.24, 2.45) is 5.41 Å². The fourth-order valence-electron chi connectivity index (χ4n) is 4.21. The predicted octanol–water partition coefficient (Wildman–Crippen LogP) is 2.47. The molecule has 12 nitrogen and oxygen atoms in total. The van der Waals surface area contributed by atoms with Gasteiger partial charge in [0.25, 0.3) is 10.0 Å². The number of halogens is 1. The monoisotopic (exact) mass is 550 g/mol. The van der Waals surface area contributed by atoms with Crippen molar-refractivity contribution in [3.8, 4) is 5.75 Å². The van der Waals surface area contributed by atoms with Crippen LogP contribution in [0.4, 0.5) is 25.4 Å². The van der Waals surface area contributed by atoms with Crippen molar-refractivity contribution in [2.45, 2.75) is 24.8 Å². The van der Waals surface area contributed by atoms with Gasteiger partial charge in [-0.15, -0.1) is 0 Å². The number of nitrogens with zero attached hydrogens (tertiary/aromatic N) is 2. The van der Waals surface area contributed by atoms with Crippen LogP contribution in [0.2, 0.25) is 0 Å². The molecule has 0 radical (unpaired) electrons. The largest absolute Gasteiger partial charge is 0.484 e. The van der Waals surface area contributed by atoms with Crippen LogP contribution in [0, 0.1) is 11.2 Å². The first-order valence-electron chi connectivity index (χ1n) is 11.6. The van der Waals surface area contributed by atoms with E-state index < -0.39 is 39.5 Å². The van der Waals surface area contributed by atoms with Gasteiger partial charge in [0, 0.05) is 31.1 Å². The van der Waals surface area contributed by atoms with Gasteiger partial charge in [0.1, 0.15) is 24.3 Å². The van der Waals surface area contributed by atoms with Crippen molar-refractivity contribution in [2.75, 3.05) is 42.4 Å². The molecule has 0 bridgehead atoms. The molecule has 1 fully saturated rings. The zero-order chi connectivity index (χ0) is 27.7. The minimum atomic E-state index is -4.17. The Balaban J connectivity index is 1.53. The third-order valence-corrected chi connectivity index (χ3v) is 7.88. The first-order chi connectivity index (χ1) is 17.9.